The van der Waals surface area contributed by atoms with E-state index < -0.39 is 0 Å². The Morgan fingerprint density at radius 3 is 2.50 bits per heavy atom. The number of amides is 1. The fourth-order valence-electron chi connectivity index (χ4n) is 2.45. The van der Waals surface area contributed by atoms with Gasteiger partial charge in [-0.05, 0) is 11.5 Å². The zero-order valence-corrected chi connectivity index (χ0v) is 13.3. The Hall–Kier alpha value is -1.79. The maximum atomic E-state index is 12.1. The van der Waals surface area contributed by atoms with Gasteiger partial charge in [-0.3, -0.25) is 9.69 Å². The molecule has 0 atom stereocenters. The highest BCUT2D eigenvalue weighted by Crippen LogP contribution is 2.41. The summed E-state index contributed by atoms with van der Waals surface area (Å²) in [4.78, 5) is 14.1. The molecule has 0 aliphatic carbocycles. The molecule has 6 nitrogen and oxygen atoms in total. The normalized spacial score (nSPS) is 16.5. The number of ether oxygens (including phenoxy) is 1. The van der Waals surface area contributed by atoms with Gasteiger partial charge >= 0.3 is 0 Å². The molecule has 1 aromatic rings. The van der Waals surface area contributed by atoms with Gasteiger partial charge in [-0.25, -0.2) is 0 Å². The quantitative estimate of drug-likeness (QED) is 0.740. The summed E-state index contributed by atoms with van der Waals surface area (Å²) in [7, 11) is 0. The zero-order chi connectivity index (χ0) is 16.3. The largest absolute Gasteiger partial charge is 0.506 e. The minimum absolute atomic E-state index is 0.0747. The lowest BCUT2D eigenvalue weighted by Gasteiger charge is -2.26. The van der Waals surface area contributed by atoms with Gasteiger partial charge in [0.1, 0.15) is 17.2 Å². The van der Waals surface area contributed by atoms with Crippen LogP contribution in [0.3, 0.4) is 0 Å². The second-order valence-electron chi connectivity index (χ2n) is 6.54. The van der Waals surface area contributed by atoms with Crippen molar-refractivity contribution < 1.29 is 19.7 Å². The number of anilines is 1. The molecule has 6 heteroatoms. The molecule has 0 spiro atoms. The Morgan fingerprint density at radius 1 is 1.27 bits per heavy atom. The number of hydrogen-bond acceptors (Lipinski definition) is 5. The molecule has 0 unspecified atom stereocenters. The van der Waals surface area contributed by atoms with Gasteiger partial charge in [0.15, 0.2) is 0 Å². The van der Waals surface area contributed by atoms with Crippen LogP contribution in [0.4, 0.5) is 5.69 Å². The highest BCUT2D eigenvalue weighted by atomic mass is 16.5. The molecule has 1 saturated heterocycles. The Labute approximate surface area is 130 Å². The van der Waals surface area contributed by atoms with Crippen molar-refractivity contribution in [3.8, 4) is 11.5 Å². The van der Waals surface area contributed by atoms with E-state index in [2.05, 4.69) is 5.32 Å². The number of benzene rings is 1. The van der Waals surface area contributed by atoms with E-state index in [1.54, 1.807) is 6.07 Å². The van der Waals surface area contributed by atoms with Crippen molar-refractivity contribution >= 4 is 11.6 Å². The third-order valence-electron chi connectivity index (χ3n) is 3.70. The van der Waals surface area contributed by atoms with Gasteiger partial charge in [0, 0.05) is 18.7 Å². The van der Waals surface area contributed by atoms with Gasteiger partial charge in [0.25, 0.3) is 0 Å². The van der Waals surface area contributed by atoms with Crippen LogP contribution in [0.2, 0.25) is 0 Å². The van der Waals surface area contributed by atoms with Crippen LogP contribution >= 0.6 is 0 Å². The van der Waals surface area contributed by atoms with E-state index in [-0.39, 0.29) is 35.1 Å². The Balaban J connectivity index is 2.13. The van der Waals surface area contributed by atoms with Crippen molar-refractivity contribution in [1.29, 1.82) is 0 Å². The Kier molecular flexibility index (Phi) is 4.93. The SMILES string of the molecule is CC(C)(C)c1ccc(O)c(NC(=O)CN2CCOCC2)c1O. The summed E-state index contributed by atoms with van der Waals surface area (Å²) in [6.07, 6.45) is 0. The van der Waals surface area contributed by atoms with Crippen molar-refractivity contribution in [2.24, 2.45) is 0 Å². The van der Waals surface area contributed by atoms with Crippen LogP contribution in [0.1, 0.15) is 26.3 Å². The van der Waals surface area contributed by atoms with E-state index in [0.29, 0.717) is 31.9 Å². The summed E-state index contributed by atoms with van der Waals surface area (Å²) in [6.45, 7) is 8.71. The number of carbonyl (C=O) groups excluding carboxylic acids is 1. The number of morpholine rings is 1. The summed E-state index contributed by atoms with van der Waals surface area (Å²) in [6, 6.07) is 3.16. The Morgan fingerprint density at radius 2 is 1.91 bits per heavy atom. The zero-order valence-electron chi connectivity index (χ0n) is 13.3. The predicted molar refractivity (Wildman–Crippen MR) is 84.4 cm³/mol. The molecule has 3 N–H and O–H groups in total. The first-order chi connectivity index (χ1) is 10.3. The lowest BCUT2D eigenvalue weighted by atomic mass is 9.86. The average Bonchev–Trinajstić information content (AvgIpc) is 2.43. The average molecular weight is 308 g/mol. The second kappa shape index (κ2) is 6.54. The topological polar surface area (TPSA) is 82.0 Å². The summed E-state index contributed by atoms with van der Waals surface area (Å²) < 4.78 is 5.24. The highest BCUT2D eigenvalue weighted by Gasteiger charge is 2.23. The smallest absolute Gasteiger partial charge is 0.238 e. The number of hydrogen-bond donors (Lipinski definition) is 3. The highest BCUT2D eigenvalue weighted by molar-refractivity contribution is 5.95. The maximum Gasteiger partial charge on any atom is 0.238 e. The molecule has 1 aliphatic rings. The third kappa shape index (κ3) is 3.90. The van der Waals surface area contributed by atoms with Crippen molar-refractivity contribution in [3.63, 3.8) is 0 Å². The molecule has 0 saturated carbocycles. The first kappa shape index (κ1) is 16.6. The van der Waals surface area contributed by atoms with Gasteiger partial charge in [0.05, 0.1) is 19.8 Å². The minimum atomic E-state index is -0.290. The molecule has 122 valence electrons. The predicted octanol–water partition coefficient (Wildman–Crippen LogP) is 1.67. The fourth-order valence-corrected chi connectivity index (χ4v) is 2.45. The van der Waals surface area contributed by atoms with Crippen molar-refractivity contribution in [1.82, 2.24) is 4.90 Å². The van der Waals surface area contributed by atoms with Gasteiger partial charge < -0.3 is 20.3 Å². The van der Waals surface area contributed by atoms with Crippen LogP contribution in [0.25, 0.3) is 0 Å². The second-order valence-corrected chi connectivity index (χ2v) is 6.54. The number of aromatic hydroxyl groups is 2. The summed E-state index contributed by atoms with van der Waals surface area (Å²) in [5, 5.41) is 22.9. The summed E-state index contributed by atoms with van der Waals surface area (Å²) >= 11 is 0. The Bertz CT molecular complexity index is 546. The van der Waals surface area contributed by atoms with Crippen LogP contribution in [0, 0.1) is 0 Å². The van der Waals surface area contributed by atoms with Crippen LogP contribution < -0.4 is 5.32 Å². The van der Waals surface area contributed by atoms with E-state index >= 15 is 0 Å². The molecule has 1 heterocycles. The third-order valence-corrected chi connectivity index (χ3v) is 3.70. The van der Waals surface area contributed by atoms with Gasteiger partial charge in [0.2, 0.25) is 5.91 Å². The van der Waals surface area contributed by atoms with Crippen LogP contribution in [0.15, 0.2) is 12.1 Å². The maximum absolute atomic E-state index is 12.1. The molecule has 0 radical (unpaired) electrons. The number of nitrogens with zero attached hydrogens (tertiary/aromatic N) is 1. The molecule has 0 bridgehead atoms. The first-order valence-electron chi connectivity index (χ1n) is 7.44. The van der Waals surface area contributed by atoms with Crippen LogP contribution in [-0.4, -0.2) is 53.9 Å². The molecule has 22 heavy (non-hydrogen) atoms. The number of phenols is 2. The monoisotopic (exact) mass is 308 g/mol. The van der Waals surface area contributed by atoms with Crippen molar-refractivity contribution in [3.05, 3.63) is 17.7 Å². The molecule has 1 aliphatic heterocycles. The molecule has 1 aromatic carbocycles. The molecule has 1 fully saturated rings. The number of carbonyl (C=O) groups is 1. The molecular weight excluding hydrogens is 284 g/mol. The van der Waals surface area contributed by atoms with E-state index in [1.807, 2.05) is 25.7 Å². The van der Waals surface area contributed by atoms with Gasteiger partial charge in [-0.2, -0.15) is 0 Å². The van der Waals surface area contributed by atoms with Gasteiger partial charge in [-0.15, -0.1) is 0 Å². The summed E-state index contributed by atoms with van der Waals surface area (Å²) in [5.74, 6) is -0.484. The van der Waals surface area contributed by atoms with Crippen LogP contribution in [-0.2, 0) is 14.9 Å². The molecule has 2 rings (SSSR count). The molecule has 0 aromatic heterocycles. The number of nitrogens with one attached hydrogen (secondary N) is 1. The fraction of sp³-hybridized carbons (Fsp3) is 0.562. The number of rotatable bonds is 3. The number of phenolic OH excluding ortho intramolecular Hbond substituents is 2. The minimum Gasteiger partial charge on any atom is -0.506 e. The summed E-state index contributed by atoms with van der Waals surface area (Å²) in [5.41, 5.74) is 0.458. The van der Waals surface area contributed by atoms with Crippen LogP contribution in [0.5, 0.6) is 11.5 Å². The van der Waals surface area contributed by atoms with E-state index in [4.69, 9.17) is 4.74 Å². The van der Waals surface area contributed by atoms with Gasteiger partial charge in [-0.1, -0.05) is 26.8 Å². The van der Waals surface area contributed by atoms with E-state index in [9.17, 15) is 15.0 Å². The van der Waals surface area contributed by atoms with E-state index in [1.165, 1.54) is 6.07 Å². The van der Waals surface area contributed by atoms with Crippen molar-refractivity contribution in [2.75, 3.05) is 38.2 Å². The lowest BCUT2D eigenvalue weighted by Crippen LogP contribution is -2.41. The molecule has 1 amide bonds. The van der Waals surface area contributed by atoms with E-state index in [0.717, 1.165) is 0 Å². The molecular formula is C16H24N2O4. The first-order valence-corrected chi connectivity index (χ1v) is 7.44. The lowest BCUT2D eigenvalue weighted by molar-refractivity contribution is -0.118. The standard InChI is InChI=1S/C16H24N2O4/c1-16(2,3)11-4-5-12(19)14(15(11)21)17-13(20)10-18-6-8-22-9-7-18/h4-5,19,21H,6-10H2,1-3H3,(H,17,20). The van der Waals surface area contributed by atoms with Crippen molar-refractivity contribution in [2.45, 2.75) is 26.2 Å².